The molecule has 0 spiro atoms. The molecule has 0 radical (unpaired) electrons. The average molecular weight is 230 g/mol. The van der Waals surface area contributed by atoms with E-state index >= 15 is 0 Å². The van der Waals surface area contributed by atoms with Gasteiger partial charge in [-0.05, 0) is 31.9 Å². The molecular weight excluding hydrogens is 208 g/mol. The summed E-state index contributed by atoms with van der Waals surface area (Å²) in [6.07, 6.45) is 0. The highest BCUT2D eigenvalue weighted by molar-refractivity contribution is 5.36. The van der Waals surface area contributed by atoms with E-state index in [1.54, 1.807) is 0 Å². The van der Waals surface area contributed by atoms with E-state index in [-0.39, 0.29) is 11.5 Å². The molecule has 0 aliphatic rings. The lowest BCUT2D eigenvalue weighted by Gasteiger charge is -2.28. The Morgan fingerprint density at radius 2 is 2.00 bits per heavy atom. The normalized spacial score (nSPS) is 13.2. The van der Waals surface area contributed by atoms with E-state index in [9.17, 15) is 0 Å². The van der Waals surface area contributed by atoms with Crippen molar-refractivity contribution in [2.45, 2.75) is 46.1 Å². The van der Waals surface area contributed by atoms with E-state index in [1.807, 2.05) is 6.92 Å². The molecule has 1 aromatic carbocycles. The van der Waals surface area contributed by atoms with Crippen molar-refractivity contribution in [1.29, 1.82) is 5.26 Å². The number of aryl methyl sites for hydroxylation is 2. The fourth-order valence-electron chi connectivity index (χ4n) is 2.01. The summed E-state index contributed by atoms with van der Waals surface area (Å²) >= 11 is 0. The maximum atomic E-state index is 8.79. The van der Waals surface area contributed by atoms with Crippen LogP contribution in [0.2, 0.25) is 0 Å². The van der Waals surface area contributed by atoms with Crippen LogP contribution in [0.15, 0.2) is 18.2 Å². The second-order valence-corrected chi connectivity index (χ2v) is 5.43. The lowest BCUT2D eigenvalue weighted by atomic mass is 9.81. The van der Waals surface area contributed by atoms with Crippen molar-refractivity contribution >= 4 is 0 Å². The molecule has 1 unspecified atom stereocenters. The Labute approximate surface area is 105 Å². The molecule has 1 aromatic rings. The Balaban J connectivity index is 2.89. The highest BCUT2D eigenvalue weighted by Gasteiger charge is 2.22. The van der Waals surface area contributed by atoms with Gasteiger partial charge in [0, 0.05) is 12.0 Å². The van der Waals surface area contributed by atoms with Crippen LogP contribution < -0.4 is 5.32 Å². The molecule has 0 bridgehead atoms. The van der Waals surface area contributed by atoms with Crippen molar-refractivity contribution < 1.29 is 0 Å². The van der Waals surface area contributed by atoms with Crippen molar-refractivity contribution in [2.24, 2.45) is 0 Å². The smallest absolute Gasteiger partial charge is 0.0924 e. The van der Waals surface area contributed by atoms with Crippen LogP contribution in [0.4, 0.5) is 0 Å². The molecule has 0 saturated carbocycles. The first kappa shape index (κ1) is 13.7. The zero-order chi connectivity index (χ0) is 13.1. The molecule has 1 atom stereocenters. The number of nitrogens with one attached hydrogen (secondary N) is 1. The van der Waals surface area contributed by atoms with Gasteiger partial charge in [0.15, 0.2) is 0 Å². The number of rotatable bonds is 4. The Morgan fingerprint density at radius 3 is 2.59 bits per heavy atom. The number of nitrogens with zero attached hydrogens (tertiary/aromatic N) is 1. The van der Waals surface area contributed by atoms with Crippen LogP contribution in [0, 0.1) is 25.2 Å². The van der Waals surface area contributed by atoms with Crippen LogP contribution in [-0.2, 0) is 5.41 Å². The van der Waals surface area contributed by atoms with E-state index in [0.29, 0.717) is 0 Å². The molecule has 2 nitrogen and oxygen atoms in total. The lowest BCUT2D eigenvalue weighted by Crippen LogP contribution is -2.37. The zero-order valence-electron chi connectivity index (χ0n) is 11.5. The molecule has 2 heteroatoms. The van der Waals surface area contributed by atoms with Crippen LogP contribution in [0.25, 0.3) is 0 Å². The third kappa shape index (κ3) is 3.57. The standard InChI is InChI=1S/C15H22N2/c1-11-6-7-12(2)14(8-11)15(4,5)10-17-13(3)9-16/h6-8,13,17H,10H2,1-5H3. The van der Waals surface area contributed by atoms with Gasteiger partial charge in [0.05, 0.1) is 12.1 Å². The van der Waals surface area contributed by atoms with Crippen molar-refractivity contribution in [3.63, 3.8) is 0 Å². The van der Waals surface area contributed by atoms with E-state index in [4.69, 9.17) is 5.26 Å². The highest BCUT2D eigenvalue weighted by Crippen LogP contribution is 2.26. The number of nitriles is 1. The maximum absolute atomic E-state index is 8.79. The quantitative estimate of drug-likeness (QED) is 0.862. The first-order chi connectivity index (χ1) is 7.86. The Hall–Kier alpha value is -1.33. The number of hydrogen-bond donors (Lipinski definition) is 1. The molecule has 0 fully saturated rings. The molecular formula is C15H22N2. The van der Waals surface area contributed by atoms with Crippen LogP contribution in [0.3, 0.4) is 0 Å². The maximum Gasteiger partial charge on any atom is 0.0924 e. The molecule has 0 heterocycles. The fraction of sp³-hybridized carbons (Fsp3) is 0.533. The molecule has 1 N–H and O–H groups in total. The van der Waals surface area contributed by atoms with Gasteiger partial charge in [0.2, 0.25) is 0 Å². The zero-order valence-corrected chi connectivity index (χ0v) is 11.5. The summed E-state index contributed by atoms with van der Waals surface area (Å²) in [6.45, 7) is 11.4. The third-order valence-corrected chi connectivity index (χ3v) is 3.17. The monoisotopic (exact) mass is 230 g/mol. The van der Waals surface area contributed by atoms with Gasteiger partial charge in [-0.1, -0.05) is 37.6 Å². The van der Waals surface area contributed by atoms with Crippen molar-refractivity contribution in [1.82, 2.24) is 5.32 Å². The summed E-state index contributed by atoms with van der Waals surface area (Å²) in [5.74, 6) is 0. The van der Waals surface area contributed by atoms with Gasteiger partial charge in [-0.2, -0.15) is 5.26 Å². The molecule has 0 saturated heterocycles. The van der Waals surface area contributed by atoms with Gasteiger partial charge < -0.3 is 5.32 Å². The second-order valence-electron chi connectivity index (χ2n) is 5.43. The van der Waals surface area contributed by atoms with Crippen LogP contribution in [-0.4, -0.2) is 12.6 Å². The van der Waals surface area contributed by atoms with E-state index < -0.39 is 0 Å². The van der Waals surface area contributed by atoms with E-state index in [0.717, 1.165) is 6.54 Å². The molecule has 1 rings (SSSR count). The summed E-state index contributed by atoms with van der Waals surface area (Å²) < 4.78 is 0. The third-order valence-electron chi connectivity index (χ3n) is 3.17. The second kappa shape index (κ2) is 5.33. The summed E-state index contributed by atoms with van der Waals surface area (Å²) in [5.41, 5.74) is 4.00. The Bertz CT molecular complexity index is 427. The van der Waals surface area contributed by atoms with E-state index in [2.05, 4.69) is 57.3 Å². The number of benzene rings is 1. The van der Waals surface area contributed by atoms with Crippen LogP contribution in [0.1, 0.15) is 37.5 Å². The van der Waals surface area contributed by atoms with Gasteiger partial charge in [-0.25, -0.2) is 0 Å². The summed E-state index contributed by atoms with van der Waals surface area (Å²) in [6, 6.07) is 8.66. The number of hydrogen-bond acceptors (Lipinski definition) is 2. The van der Waals surface area contributed by atoms with Crippen molar-refractivity contribution in [3.8, 4) is 6.07 Å². The molecule has 0 aliphatic heterocycles. The minimum absolute atomic E-state index is 0.0429. The first-order valence-corrected chi connectivity index (χ1v) is 6.07. The summed E-state index contributed by atoms with van der Waals surface area (Å²) in [7, 11) is 0. The highest BCUT2D eigenvalue weighted by atomic mass is 14.9. The van der Waals surface area contributed by atoms with Crippen LogP contribution >= 0.6 is 0 Å². The van der Waals surface area contributed by atoms with Gasteiger partial charge in [-0.3, -0.25) is 0 Å². The van der Waals surface area contributed by atoms with Gasteiger partial charge in [0.25, 0.3) is 0 Å². The summed E-state index contributed by atoms with van der Waals surface area (Å²) in [4.78, 5) is 0. The Kier molecular flexibility index (Phi) is 4.31. The Morgan fingerprint density at radius 1 is 1.35 bits per heavy atom. The minimum Gasteiger partial charge on any atom is -0.301 e. The lowest BCUT2D eigenvalue weighted by molar-refractivity contribution is 0.455. The average Bonchev–Trinajstić information content (AvgIpc) is 2.29. The van der Waals surface area contributed by atoms with Crippen LogP contribution in [0.5, 0.6) is 0 Å². The van der Waals surface area contributed by atoms with Gasteiger partial charge in [-0.15, -0.1) is 0 Å². The fourth-order valence-corrected chi connectivity index (χ4v) is 2.01. The summed E-state index contributed by atoms with van der Waals surface area (Å²) in [5, 5.41) is 12.0. The minimum atomic E-state index is -0.0978. The van der Waals surface area contributed by atoms with Gasteiger partial charge in [0.1, 0.15) is 0 Å². The molecule has 92 valence electrons. The SMILES string of the molecule is Cc1ccc(C)c(C(C)(C)CNC(C)C#N)c1. The van der Waals surface area contributed by atoms with Crippen molar-refractivity contribution in [3.05, 3.63) is 34.9 Å². The predicted octanol–water partition coefficient (Wildman–Crippen LogP) is 3.08. The molecule has 0 aliphatic carbocycles. The topological polar surface area (TPSA) is 35.8 Å². The predicted molar refractivity (Wildman–Crippen MR) is 72.0 cm³/mol. The molecule has 0 aromatic heterocycles. The van der Waals surface area contributed by atoms with Gasteiger partial charge >= 0.3 is 0 Å². The molecule has 17 heavy (non-hydrogen) atoms. The van der Waals surface area contributed by atoms with Crippen molar-refractivity contribution in [2.75, 3.05) is 6.54 Å². The first-order valence-electron chi connectivity index (χ1n) is 6.07. The largest absolute Gasteiger partial charge is 0.301 e. The van der Waals surface area contributed by atoms with E-state index in [1.165, 1.54) is 16.7 Å². The molecule has 0 amide bonds.